The first-order valence-corrected chi connectivity index (χ1v) is 2.62. The number of halogens is 1. The Kier molecular flexibility index (Phi) is 1.76. The third kappa shape index (κ3) is 1.72. The lowest BCUT2D eigenvalue weighted by atomic mass is 9.97. The van der Waals surface area contributed by atoms with Gasteiger partial charge in [-0.1, -0.05) is 0 Å². The van der Waals surface area contributed by atoms with Gasteiger partial charge >= 0.3 is 0 Å². The number of rotatable bonds is 0. The molecule has 0 unspecified atom stereocenters. The van der Waals surface area contributed by atoms with E-state index in [0.717, 1.165) is 0 Å². The Balaban J connectivity index is 3.17. The maximum absolute atomic E-state index is 5.37. The van der Waals surface area contributed by atoms with Gasteiger partial charge in [0.25, 0.3) is 0 Å². The monoisotopic (exact) mass is 134 g/mol. The number of hydrogen-bond donors (Lipinski definition) is 0. The summed E-state index contributed by atoms with van der Waals surface area (Å²) in [6.07, 6.45) is 0. The molecule has 2 nitrogen and oxygen atoms in total. The van der Waals surface area contributed by atoms with Gasteiger partial charge in [-0.25, -0.2) is 9.97 Å². The van der Waals surface area contributed by atoms with Crippen LogP contribution in [0.15, 0.2) is 6.07 Å². The lowest BCUT2D eigenvalue weighted by molar-refractivity contribution is 1.23. The Morgan fingerprint density at radius 3 is 2.00 bits per heavy atom. The van der Waals surface area contributed by atoms with Gasteiger partial charge in [0.2, 0.25) is 5.28 Å². The fraction of sp³-hybridized carbons (Fsp3) is 0. The lowest BCUT2D eigenvalue weighted by Crippen LogP contribution is -2.20. The van der Waals surface area contributed by atoms with Crippen LogP contribution in [0.3, 0.4) is 0 Å². The van der Waals surface area contributed by atoms with Gasteiger partial charge in [0, 0.05) is 0 Å². The van der Waals surface area contributed by atoms with Crippen molar-refractivity contribution >= 4 is 38.5 Å². The minimum atomic E-state index is 0.0764. The van der Waals surface area contributed by atoms with Crippen molar-refractivity contribution in [3.05, 3.63) is 11.3 Å². The van der Waals surface area contributed by atoms with Crippen LogP contribution in [0.25, 0.3) is 0 Å². The molecule has 0 aromatic carbocycles. The molecule has 1 aromatic rings. The zero-order valence-electron chi connectivity index (χ0n) is 4.50. The van der Waals surface area contributed by atoms with E-state index in [2.05, 4.69) is 9.97 Å². The van der Waals surface area contributed by atoms with E-state index >= 15 is 0 Å². The first kappa shape index (κ1) is 6.62. The molecule has 0 saturated heterocycles. The van der Waals surface area contributed by atoms with E-state index in [-0.39, 0.29) is 16.5 Å². The van der Waals surface area contributed by atoms with Gasteiger partial charge in [-0.2, -0.15) is 0 Å². The van der Waals surface area contributed by atoms with Crippen LogP contribution in [0.4, 0.5) is 0 Å². The summed E-state index contributed by atoms with van der Waals surface area (Å²) in [6, 6.07) is 1.44. The maximum atomic E-state index is 5.37. The molecule has 5 heteroatoms. The molecule has 1 heterocycles. The minimum Gasteiger partial charge on any atom is -0.235 e. The van der Waals surface area contributed by atoms with Crippen molar-refractivity contribution in [3.63, 3.8) is 0 Å². The van der Waals surface area contributed by atoms with Crippen molar-refractivity contribution in [1.82, 2.24) is 9.97 Å². The first-order chi connectivity index (χ1) is 4.18. The second-order valence-electron chi connectivity index (χ2n) is 1.49. The highest BCUT2D eigenvalue weighted by atomic mass is 35.5. The van der Waals surface area contributed by atoms with Crippen molar-refractivity contribution in [2.45, 2.75) is 0 Å². The van der Waals surface area contributed by atoms with E-state index in [1.165, 1.54) is 6.07 Å². The molecule has 0 aliphatic heterocycles. The Bertz CT molecular complexity index is 177. The summed E-state index contributed by atoms with van der Waals surface area (Å²) in [4.78, 5) is 7.17. The van der Waals surface area contributed by atoms with E-state index < -0.39 is 0 Å². The molecule has 0 spiro atoms. The molecule has 4 radical (unpaired) electrons. The maximum Gasteiger partial charge on any atom is 0.221 e. The van der Waals surface area contributed by atoms with Crippen LogP contribution in [0.2, 0.25) is 5.28 Å². The fourth-order valence-corrected chi connectivity index (χ4v) is 0.649. The molecule has 0 bridgehead atoms. The molecular weight excluding hydrogens is 133 g/mol. The second kappa shape index (κ2) is 2.40. The number of hydrogen-bond acceptors (Lipinski definition) is 2. The third-order valence-electron chi connectivity index (χ3n) is 0.738. The largest absolute Gasteiger partial charge is 0.235 e. The summed E-state index contributed by atoms with van der Waals surface area (Å²) in [5.41, 5.74) is 0.569. The lowest BCUT2D eigenvalue weighted by Gasteiger charge is -1.94. The smallest absolute Gasteiger partial charge is 0.221 e. The SMILES string of the molecule is [B]c1cc([B])nc(Cl)n1. The highest BCUT2D eigenvalue weighted by molar-refractivity contribution is 6.37. The summed E-state index contributed by atoms with van der Waals surface area (Å²) in [7, 11) is 10.5. The zero-order valence-corrected chi connectivity index (χ0v) is 5.26. The third-order valence-corrected chi connectivity index (χ3v) is 0.908. The Morgan fingerprint density at radius 2 is 1.67 bits per heavy atom. The molecule has 1 rings (SSSR count). The summed E-state index contributed by atoms with van der Waals surface area (Å²) >= 11 is 5.37. The number of nitrogens with zero attached hydrogens (tertiary/aromatic N) is 2. The molecule has 0 amide bonds. The average molecular weight is 134 g/mol. The van der Waals surface area contributed by atoms with Crippen molar-refractivity contribution in [1.29, 1.82) is 0 Å². The molecule has 0 saturated carbocycles. The summed E-state index contributed by atoms with van der Waals surface area (Å²) in [6.45, 7) is 0. The van der Waals surface area contributed by atoms with E-state index in [1.807, 2.05) is 0 Å². The predicted molar refractivity (Wildman–Crippen MR) is 37.8 cm³/mol. The van der Waals surface area contributed by atoms with Crippen molar-refractivity contribution in [3.8, 4) is 0 Å². The van der Waals surface area contributed by atoms with E-state index in [0.29, 0.717) is 0 Å². The molecule has 0 atom stereocenters. The van der Waals surface area contributed by atoms with Crippen LogP contribution in [0.1, 0.15) is 0 Å². The molecule has 0 N–H and O–H groups in total. The van der Waals surface area contributed by atoms with Crippen LogP contribution in [0, 0.1) is 0 Å². The summed E-state index contributed by atoms with van der Waals surface area (Å²) in [5, 5.41) is 0.0764. The Labute approximate surface area is 60.5 Å². The fourth-order valence-electron chi connectivity index (χ4n) is 0.454. The second-order valence-corrected chi connectivity index (χ2v) is 1.82. The van der Waals surface area contributed by atoms with Gasteiger partial charge < -0.3 is 0 Å². The molecule has 0 aliphatic carbocycles. The van der Waals surface area contributed by atoms with Gasteiger partial charge in [-0.15, -0.1) is 0 Å². The minimum absolute atomic E-state index is 0.0764. The zero-order chi connectivity index (χ0) is 6.85. The average Bonchev–Trinajstić information content (AvgIpc) is 1.59. The van der Waals surface area contributed by atoms with Crippen LogP contribution >= 0.6 is 11.6 Å². The Morgan fingerprint density at radius 1 is 1.22 bits per heavy atom. The van der Waals surface area contributed by atoms with Crippen LogP contribution < -0.4 is 11.2 Å². The molecule has 0 aliphatic rings. The van der Waals surface area contributed by atoms with Crippen molar-refractivity contribution in [2.24, 2.45) is 0 Å². The number of aromatic nitrogens is 2. The highest BCUT2D eigenvalue weighted by Gasteiger charge is 1.91. The Hall–Kier alpha value is -0.500. The topological polar surface area (TPSA) is 25.8 Å². The van der Waals surface area contributed by atoms with E-state index in [1.54, 1.807) is 0 Å². The molecule has 40 valence electrons. The van der Waals surface area contributed by atoms with E-state index in [9.17, 15) is 0 Å². The summed E-state index contributed by atoms with van der Waals surface area (Å²) in [5.74, 6) is 0. The molecule has 0 fully saturated rings. The normalized spacial score (nSPS) is 9.44. The van der Waals surface area contributed by atoms with Crippen LogP contribution in [-0.2, 0) is 0 Å². The predicted octanol–water partition coefficient (Wildman–Crippen LogP) is -1.28. The highest BCUT2D eigenvalue weighted by Crippen LogP contribution is 1.89. The van der Waals surface area contributed by atoms with Crippen LogP contribution in [0.5, 0.6) is 0 Å². The van der Waals surface area contributed by atoms with Crippen LogP contribution in [-0.4, -0.2) is 25.7 Å². The van der Waals surface area contributed by atoms with Gasteiger partial charge in [-0.3, -0.25) is 0 Å². The van der Waals surface area contributed by atoms with Gasteiger partial charge in [0.05, 0.1) is 0 Å². The summed E-state index contributed by atoms with van der Waals surface area (Å²) < 4.78 is 0. The first-order valence-electron chi connectivity index (χ1n) is 2.24. The van der Waals surface area contributed by atoms with Gasteiger partial charge in [0.15, 0.2) is 0 Å². The quantitative estimate of drug-likeness (QED) is 0.326. The van der Waals surface area contributed by atoms with Gasteiger partial charge in [0.1, 0.15) is 15.7 Å². The van der Waals surface area contributed by atoms with E-state index in [4.69, 9.17) is 27.3 Å². The molecule has 9 heavy (non-hydrogen) atoms. The van der Waals surface area contributed by atoms with Crippen molar-refractivity contribution < 1.29 is 0 Å². The molecular formula is C4HB2ClN2. The van der Waals surface area contributed by atoms with Crippen molar-refractivity contribution in [2.75, 3.05) is 0 Å². The van der Waals surface area contributed by atoms with Gasteiger partial charge in [-0.05, 0) is 28.9 Å². The standard InChI is InChI=1S/C4HB2ClN2/c5-2-1-3(6)9-4(7)8-2/h1H. The molecule has 1 aromatic heterocycles.